The molecule has 1 aliphatic heterocycles. The third-order valence-electron chi connectivity index (χ3n) is 4.61. The Bertz CT molecular complexity index is 1230. The standard InChI is InChI=1S/C18H16ClN3O8S/c1-18(16(26)20-17(27)21-18)10-7-9(3-4-13(10)30-2)31(28,29)22-11-5-8(15(24)25)6-12(23)14(11)19/h3-7,22-23H,1-2H3,(H,24,25)(H2,20,21,26,27). The van der Waals surface area contributed by atoms with E-state index in [2.05, 4.69) is 15.4 Å². The van der Waals surface area contributed by atoms with Crippen molar-refractivity contribution >= 4 is 45.2 Å². The molecule has 1 aliphatic rings. The molecule has 0 radical (unpaired) electrons. The number of carboxylic acids is 1. The van der Waals surface area contributed by atoms with E-state index in [0.717, 1.165) is 18.2 Å². The molecule has 3 amide bonds. The Morgan fingerprint density at radius 2 is 1.90 bits per heavy atom. The molecule has 0 spiro atoms. The number of amides is 3. The first-order valence-corrected chi connectivity index (χ1v) is 10.4. The lowest BCUT2D eigenvalue weighted by atomic mass is 9.91. The predicted octanol–water partition coefficient (Wildman–Crippen LogP) is 1.61. The number of ether oxygens (including phenoxy) is 1. The van der Waals surface area contributed by atoms with Crippen LogP contribution in [0, 0.1) is 0 Å². The third-order valence-corrected chi connectivity index (χ3v) is 6.37. The maximum atomic E-state index is 12.9. The second-order valence-corrected chi connectivity index (χ2v) is 8.72. The molecule has 2 aromatic carbocycles. The van der Waals surface area contributed by atoms with Gasteiger partial charge in [0.1, 0.15) is 22.1 Å². The summed E-state index contributed by atoms with van der Waals surface area (Å²) >= 11 is 5.91. The summed E-state index contributed by atoms with van der Waals surface area (Å²) in [6.07, 6.45) is 0. The fraction of sp³-hybridized carbons (Fsp3) is 0.167. The number of phenols is 1. The number of carboxylic acid groups (broad SMARTS) is 1. The van der Waals surface area contributed by atoms with Crippen LogP contribution in [0.2, 0.25) is 5.02 Å². The van der Waals surface area contributed by atoms with E-state index < -0.39 is 49.8 Å². The molecule has 1 saturated heterocycles. The highest BCUT2D eigenvalue weighted by Crippen LogP contribution is 2.37. The van der Waals surface area contributed by atoms with Gasteiger partial charge < -0.3 is 20.3 Å². The second kappa shape index (κ2) is 7.63. The summed E-state index contributed by atoms with van der Waals surface area (Å²) in [5.41, 5.74) is -2.30. The van der Waals surface area contributed by atoms with Gasteiger partial charge in [-0.1, -0.05) is 11.6 Å². The molecule has 13 heteroatoms. The molecule has 1 atom stereocenters. The van der Waals surface area contributed by atoms with Crippen LogP contribution in [0.4, 0.5) is 10.5 Å². The number of rotatable bonds is 6. The molecule has 164 valence electrons. The van der Waals surface area contributed by atoms with E-state index in [4.69, 9.17) is 21.4 Å². The normalized spacial score (nSPS) is 18.3. The molecule has 0 aromatic heterocycles. The van der Waals surface area contributed by atoms with Gasteiger partial charge in [0.15, 0.2) is 0 Å². The van der Waals surface area contributed by atoms with Crippen LogP contribution >= 0.6 is 11.6 Å². The lowest BCUT2D eigenvalue weighted by molar-refractivity contribution is -0.123. The number of nitrogens with one attached hydrogen (secondary N) is 3. The van der Waals surface area contributed by atoms with E-state index in [9.17, 15) is 27.9 Å². The first kappa shape index (κ1) is 22.2. The maximum Gasteiger partial charge on any atom is 0.335 e. The number of aromatic hydroxyl groups is 1. The van der Waals surface area contributed by atoms with Crippen LogP contribution in [-0.2, 0) is 20.4 Å². The molecule has 1 heterocycles. The molecule has 31 heavy (non-hydrogen) atoms. The average Bonchev–Trinajstić information content (AvgIpc) is 2.96. The lowest BCUT2D eigenvalue weighted by Gasteiger charge is -2.24. The van der Waals surface area contributed by atoms with E-state index in [1.807, 2.05) is 0 Å². The number of methoxy groups -OCH3 is 1. The van der Waals surface area contributed by atoms with Crippen LogP contribution in [0.15, 0.2) is 35.2 Å². The fourth-order valence-electron chi connectivity index (χ4n) is 2.99. The van der Waals surface area contributed by atoms with Crippen molar-refractivity contribution in [1.82, 2.24) is 10.6 Å². The van der Waals surface area contributed by atoms with Crippen LogP contribution in [0.25, 0.3) is 0 Å². The molecule has 1 unspecified atom stereocenters. The van der Waals surface area contributed by atoms with Gasteiger partial charge in [-0.2, -0.15) is 0 Å². The number of imide groups is 1. The van der Waals surface area contributed by atoms with Gasteiger partial charge >= 0.3 is 12.0 Å². The second-order valence-electron chi connectivity index (χ2n) is 6.66. The monoisotopic (exact) mass is 469 g/mol. The van der Waals surface area contributed by atoms with Crippen molar-refractivity contribution in [2.45, 2.75) is 17.4 Å². The quantitative estimate of drug-likeness (QED) is 0.397. The zero-order chi connectivity index (χ0) is 23.1. The Kier molecular flexibility index (Phi) is 5.46. The number of benzene rings is 2. The molecule has 5 N–H and O–H groups in total. The topological polar surface area (TPSA) is 171 Å². The summed E-state index contributed by atoms with van der Waals surface area (Å²) in [5, 5.41) is 23.0. The van der Waals surface area contributed by atoms with E-state index in [1.54, 1.807) is 0 Å². The number of halogens is 1. The summed E-state index contributed by atoms with van der Waals surface area (Å²) in [6, 6.07) is 4.65. The zero-order valence-electron chi connectivity index (χ0n) is 16.0. The minimum absolute atomic E-state index is 0.0643. The first-order valence-electron chi connectivity index (χ1n) is 8.50. The Morgan fingerprint density at radius 3 is 2.45 bits per heavy atom. The molecule has 1 fully saturated rings. The van der Waals surface area contributed by atoms with Crippen molar-refractivity contribution in [2.75, 3.05) is 11.8 Å². The van der Waals surface area contributed by atoms with Crippen LogP contribution in [-0.4, -0.2) is 43.6 Å². The minimum Gasteiger partial charge on any atom is -0.506 e. The Morgan fingerprint density at radius 1 is 1.23 bits per heavy atom. The minimum atomic E-state index is -4.37. The van der Waals surface area contributed by atoms with E-state index in [1.165, 1.54) is 26.2 Å². The molecule has 0 saturated carbocycles. The van der Waals surface area contributed by atoms with E-state index in [-0.39, 0.29) is 21.9 Å². The smallest absolute Gasteiger partial charge is 0.335 e. The maximum absolute atomic E-state index is 12.9. The van der Waals surface area contributed by atoms with E-state index in [0.29, 0.717) is 0 Å². The molecular formula is C18H16ClN3O8S. The number of phenolic OH excluding ortho intramolecular Hbond substituents is 1. The van der Waals surface area contributed by atoms with Gasteiger partial charge in [0.05, 0.1) is 23.3 Å². The highest BCUT2D eigenvalue weighted by atomic mass is 35.5. The number of anilines is 1. The number of urea groups is 1. The van der Waals surface area contributed by atoms with Crippen molar-refractivity contribution in [3.8, 4) is 11.5 Å². The van der Waals surface area contributed by atoms with Crippen molar-refractivity contribution in [1.29, 1.82) is 0 Å². The van der Waals surface area contributed by atoms with Crippen LogP contribution in [0.1, 0.15) is 22.8 Å². The van der Waals surface area contributed by atoms with Gasteiger partial charge in [0.2, 0.25) is 0 Å². The Labute approximate surface area is 181 Å². The van der Waals surface area contributed by atoms with Crippen molar-refractivity contribution in [2.24, 2.45) is 0 Å². The average molecular weight is 470 g/mol. The number of carbonyl (C=O) groups excluding carboxylic acids is 2. The first-order chi connectivity index (χ1) is 14.4. The van der Waals surface area contributed by atoms with Crippen LogP contribution in [0.3, 0.4) is 0 Å². The van der Waals surface area contributed by atoms with Gasteiger partial charge in [-0.25, -0.2) is 18.0 Å². The van der Waals surface area contributed by atoms with Crippen LogP contribution in [0.5, 0.6) is 11.5 Å². The van der Waals surface area contributed by atoms with Gasteiger partial charge in [0, 0.05) is 5.56 Å². The van der Waals surface area contributed by atoms with Gasteiger partial charge in [-0.05, 0) is 37.3 Å². The molecule has 11 nitrogen and oxygen atoms in total. The van der Waals surface area contributed by atoms with Crippen molar-refractivity contribution in [3.05, 3.63) is 46.5 Å². The Balaban J connectivity index is 2.08. The van der Waals surface area contributed by atoms with Gasteiger partial charge in [0.25, 0.3) is 15.9 Å². The third kappa shape index (κ3) is 3.94. The fourth-order valence-corrected chi connectivity index (χ4v) is 4.29. The largest absolute Gasteiger partial charge is 0.506 e. The Hall–Kier alpha value is -3.51. The summed E-state index contributed by atoms with van der Waals surface area (Å²) in [4.78, 5) is 34.8. The number of carbonyl (C=O) groups is 3. The number of hydrogen-bond acceptors (Lipinski definition) is 7. The highest BCUT2D eigenvalue weighted by molar-refractivity contribution is 7.92. The van der Waals surface area contributed by atoms with Gasteiger partial charge in [-0.15, -0.1) is 0 Å². The van der Waals surface area contributed by atoms with Crippen molar-refractivity contribution < 1.29 is 37.8 Å². The number of sulfonamides is 1. The summed E-state index contributed by atoms with van der Waals surface area (Å²) in [7, 11) is -3.06. The molecule has 0 bridgehead atoms. The van der Waals surface area contributed by atoms with Crippen molar-refractivity contribution in [3.63, 3.8) is 0 Å². The summed E-state index contributed by atoms with van der Waals surface area (Å²) < 4.78 is 33.2. The van der Waals surface area contributed by atoms with Gasteiger partial charge in [-0.3, -0.25) is 14.8 Å². The zero-order valence-corrected chi connectivity index (χ0v) is 17.6. The molecule has 2 aromatic rings. The van der Waals surface area contributed by atoms with E-state index >= 15 is 0 Å². The number of hydrogen-bond donors (Lipinski definition) is 5. The van der Waals surface area contributed by atoms with Crippen LogP contribution < -0.4 is 20.1 Å². The summed E-state index contributed by atoms with van der Waals surface area (Å²) in [5.74, 6) is -2.61. The summed E-state index contributed by atoms with van der Waals surface area (Å²) in [6.45, 7) is 1.38. The highest BCUT2D eigenvalue weighted by Gasteiger charge is 2.45. The SMILES string of the molecule is COc1ccc(S(=O)(=O)Nc2cc(C(=O)O)cc(O)c2Cl)cc1C1(C)NC(=O)NC1=O. The molecule has 0 aliphatic carbocycles. The number of aromatic carboxylic acids is 1. The predicted molar refractivity (Wildman–Crippen MR) is 108 cm³/mol. The molecular weight excluding hydrogens is 454 g/mol. The molecule has 3 rings (SSSR count). The lowest BCUT2D eigenvalue weighted by Crippen LogP contribution is -2.41.